The van der Waals surface area contributed by atoms with Gasteiger partial charge in [-0.05, 0) is 37.3 Å². The van der Waals surface area contributed by atoms with Gasteiger partial charge in [0.05, 0.1) is 0 Å². The Balaban J connectivity index is 1.38. The summed E-state index contributed by atoms with van der Waals surface area (Å²) in [4.78, 5) is 26.3. The second-order valence-corrected chi connectivity index (χ2v) is 5.72. The van der Waals surface area contributed by atoms with Crippen LogP contribution in [0.25, 0.3) is 10.9 Å². The van der Waals surface area contributed by atoms with Gasteiger partial charge >= 0.3 is 5.97 Å². The van der Waals surface area contributed by atoms with Crippen molar-refractivity contribution < 1.29 is 14.3 Å². The summed E-state index contributed by atoms with van der Waals surface area (Å²) < 4.78 is 4.98. The van der Waals surface area contributed by atoms with Crippen LogP contribution in [0.15, 0.2) is 30.5 Å². The number of para-hydroxylation sites is 1. The standard InChI is InChI=1S/C17H20N2O3/c20-16(19-13-8-9-13)11-22-17(21)7-3-4-12-10-18-15-6-2-1-5-14(12)15/h1-2,5-6,10,13,18H,3-4,7-9,11H2,(H,19,20). The summed E-state index contributed by atoms with van der Waals surface area (Å²) in [5, 5.41) is 3.98. The molecule has 1 amide bonds. The third-order valence-electron chi connectivity index (χ3n) is 3.81. The van der Waals surface area contributed by atoms with Crippen LogP contribution in [0.4, 0.5) is 0 Å². The molecule has 1 fully saturated rings. The lowest BCUT2D eigenvalue weighted by molar-refractivity contribution is -0.148. The predicted octanol–water partition coefficient (Wildman–Crippen LogP) is 2.31. The van der Waals surface area contributed by atoms with E-state index in [1.165, 1.54) is 10.9 Å². The molecule has 0 bridgehead atoms. The van der Waals surface area contributed by atoms with Crippen LogP contribution in [0.2, 0.25) is 0 Å². The van der Waals surface area contributed by atoms with Crippen molar-refractivity contribution in [2.45, 2.75) is 38.1 Å². The predicted molar refractivity (Wildman–Crippen MR) is 83.4 cm³/mol. The Bertz CT molecular complexity index is 673. The molecule has 1 aromatic heterocycles. The number of amides is 1. The van der Waals surface area contributed by atoms with E-state index >= 15 is 0 Å². The molecule has 1 aromatic carbocycles. The average molecular weight is 300 g/mol. The number of aromatic nitrogens is 1. The van der Waals surface area contributed by atoms with Gasteiger partial charge in [0.1, 0.15) is 0 Å². The smallest absolute Gasteiger partial charge is 0.306 e. The third kappa shape index (κ3) is 3.87. The number of esters is 1. The van der Waals surface area contributed by atoms with Crippen LogP contribution in [0.5, 0.6) is 0 Å². The van der Waals surface area contributed by atoms with Crippen LogP contribution < -0.4 is 5.32 Å². The Morgan fingerprint density at radius 3 is 2.91 bits per heavy atom. The van der Waals surface area contributed by atoms with Gasteiger partial charge in [0, 0.05) is 29.6 Å². The molecule has 1 heterocycles. The Morgan fingerprint density at radius 1 is 1.27 bits per heavy atom. The van der Waals surface area contributed by atoms with E-state index in [1.54, 1.807) is 0 Å². The minimum atomic E-state index is -0.314. The summed E-state index contributed by atoms with van der Waals surface area (Å²) in [7, 11) is 0. The maximum absolute atomic E-state index is 11.6. The van der Waals surface area contributed by atoms with Crippen LogP contribution in [0, 0.1) is 0 Å². The van der Waals surface area contributed by atoms with Crippen LogP contribution in [-0.4, -0.2) is 29.5 Å². The quantitative estimate of drug-likeness (QED) is 0.771. The fraction of sp³-hybridized carbons (Fsp3) is 0.412. The third-order valence-corrected chi connectivity index (χ3v) is 3.81. The molecule has 116 valence electrons. The Labute approximate surface area is 129 Å². The first-order valence-electron chi connectivity index (χ1n) is 7.72. The SMILES string of the molecule is O=C(COC(=O)CCCc1c[nH]c2ccccc12)NC1CC1. The van der Waals surface area contributed by atoms with Gasteiger partial charge in [-0.15, -0.1) is 0 Å². The zero-order valence-electron chi connectivity index (χ0n) is 12.4. The first-order chi connectivity index (χ1) is 10.7. The van der Waals surface area contributed by atoms with Gasteiger partial charge in [0.25, 0.3) is 5.91 Å². The highest BCUT2D eigenvalue weighted by Gasteiger charge is 2.23. The maximum Gasteiger partial charge on any atom is 0.306 e. The number of aromatic amines is 1. The minimum Gasteiger partial charge on any atom is -0.456 e. The van der Waals surface area contributed by atoms with Crippen LogP contribution >= 0.6 is 0 Å². The molecule has 3 rings (SSSR count). The number of H-pyrrole nitrogens is 1. The van der Waals surface area contributed by atoms with Crippen molar-refractivity contribution in [3.63, 3.8) is 0 Å². The molecule has 1 saturated carbocycles. The number of hydrogen-bond acceptors (Lipinski definition) is 3. The number of nitrogens with one attached hydrogen (secondary N) is 2. The highest BCUT2D eigenvalue weighted by Crippen LogP contribution is 2.20. The zero-order chi connectivity index (χ0) is 15.4. The molecule has 1 aliphatic rings. The molecule has 5 heteroatoms. The molecule has 2 N–H and O–H groups in total. The van der Waals surface area contributed by atoms with E-state index in [2.05, 4.69) is 16.4 Å². The molecule has 0 spiro atoms. The molecule has 0 aliphatic heterocycles. The first kappa shape index (κ1) is 14.6. The average Bonchev–Trinajstić information content (AvgIpc) is 3.24. The largest absolute Gasteiger partial charge is 0.456 e. The molecule has 0 unspecified atom stereocenters. The van der Waals surface area contributed by atoms with Crippen LogP contribution in [0.3, 0.4) is 0 Å². The van der Waals surface area contributed by atoms with Crippen molar-refractivity contribution in [3.05, 3.63) is 36.0 Å². The molecule has 0 radical (unpaired) electrons. The number of fused-ring (bicyclic) bond motifs is 1. The molecule has 5 nitrogen and oxygen atoms in total. The number of aryl methyl sites for hydroxylation is 1. The minimum absolute atomic E-state index is 0.164. The second-order valence-electron chi connectivity index (χ2n) is 5.72. The second kappa shape index (κ2) is 6.64. The normalized spacial score (nSPS) is 14.0. The number of carbonyl (C=O) groups excluding carboxylic acids is 2. The van der Waals surface area contributed by atoms with Crippen LogP contribution in [-0.2, 0) is 20.7 Å². The fourth-order valence-electron chi connectivity index (χ4n) is 2.48. The number of ether oxygens (including phenoxy) is 1. The molecule has 1 aliphatic carbocycles. The molecular formula is C17H20N2O3. The lowest BCUT2D eigenvalue weighted by Gasteiger charge is -2.05. The van der Waals surface area contributed by atoms with Crippen molar-refractivity contribution in [1.29, 1.82) is 0 Å². The van der Waals surface area contributed by atoms with E-state index in [0.717, 1.165) is 24.8 Å². The Morgan fingerprint density at radius 2 is 2.09 bits per heavy atom. The van der Waals surface area contributed by atoms with Gasteiger partial charge in [0.2, 0.25) is 0 Å². The van der Waals surface area contributed by atoms with Crippen molar-refractivity contribution in [3.8, 4) is 0 Å². The van der Waals surface area contributed by atoms with E-state index in [0.29, 0.717) is 18.9 Å². The van der Waals surface area contributed by atoms with Gasteiger partial charge in [-0.1, -0.05) is 18.2 Å². The first-order valence-corrected chi connectivity index (χ1v) is 7.72. The van der Waals surface area contributed by atoms with Gasteiger partial charge < -0.3 is 15.0 Å². The summed E-state index contributed by atoms with van der Waals surface area (Å²) in [5.74, 6) is -0.515. The zero-order valence-corrected chi connectivity index (χ0v) is 12.4. The molecule has 0 atom stereocenters. The Kier molecular flexibility index (Phi) is 4.42. The lowest BCUT2D eigenvalue weighted by atomic mass is 10.1. The van der Waals surface area contributed by atoms with Crippen molar-refractivity contribution in [1.82, 2.24) is 10.3 Å². The van der Waals surface area contributed by atoms with Crippen molar-refractivity contribution in [2.75, 3.05) is 6.61 Å². The summed E-state index contributed by atoms with van der Waals surface area (Å²) in [5.41, 5.74) is 2.31. The monoisotopic (exact) mass is 300 g/mol. The van der Waals surface area contributed by atoms with Crippen molar-refractivity contribution in [2.24, 2.45) is 0 Å². The topological polar surface area (TPSA) is 71.2 Å². The van der Waals surface area contributed by atoms with E-state index in [9.17, 15) is 9.59 Å². The molecular weight excluding hydrogens is 280 g/mol. The molecule has 0 saturated heterocycles. The van der Waals surface area contributed by atoms with Gasteiger partial charge in [-0.3, -0.25) is 9.59 Å². The van der Waals surface area contributed by atoms with E-state index in [-0.39, 0.29) is 18.5 Å². The highest BCUT2D eigenvalue weighted by atomic mass is 16.5. The van der Waals surface area contributed by atoms with Crippen molar-refractivity contribution >= 4 is 22.8 Å². The summed E-state index contributed by atoms with van der Waals surface area (Å²) in [6.07, 6.45) is 5.90. The van der Waals surface area contributed by atoms with E-state index in [1.807, 2.05) is 24.4 Å². The number of rotatable bonds is 7. The number of hydrogen-bond donors (Lipinski definition) is 2. The number of carbonyl (C=O) groups is 2. The Hall–Kier alpha value is -2.30. The van der Waals surface area contributed by atoms with E-state index < -0.39 is 0 Å². The summed E-state index contributed by atoms with van der Waals surface area (Å²) in [6, 6.07) is 8.40. The van der Waals surface area contributed by atoms with Gasteiger partial charge in [-0.25, -0.2) is 0 Å². The van der Waals surface area contributed by atoms with Gasteiger partial charge in [0.15, 0.2) is 6.61 Å². The summed E-state index contributed by atoms with van der Waals surface area (Å²) >= 11 is 0. The summed E-state index contributed by atoms with van der Waals surface area (Å²) in [6.45, 7) is -0.164. The highest BCUT2D eigenvalue weighted by molar-refractivity contribution is 5.83. The van der Waals surface area contributed by atoms with Gasteiger partial charge in [-0.2, -0.15) is 0 Å². The molecule has 22 heavy (non-hydrogen) atoms. The van der Waals surface area contributed by atoms with E-state index in [4.69, 9.17) is 4.74 Å². The van der Waals surface area contributed by atoms with Crippen LogP contribution in [0.1, 0.15) is 31.2 Å². The number of benzene rings is 1. The molecule has 2 aromatic rings. The lowest BCUT2D eigenvalue weighted by Crippen LogP contribution is -2.30. The fourth-order valence-corrected chi connectivity index (χ4v) is 2.48. The maximum atomic E-state index is 11.6.